The molecule has 3 rings (SSSR count). The average Bonchev–Trinajstić information content (AvgIpc) is 3.01. The second-order valence-electron chi connectivity index (χ2n) is 6.45. The van der Waals surface area contributed by atoms with E-state index in [9.17, 15) is 9.59 Å². The van der Waals surface area contributed by atoms with Gasteiger partial charge in [0.1, 0.15) is 0 Å². The highest BCUT2D eigenvalue weighted by Gasteiger charge is 2.24. The lowest BCUT2D eigenvalue weighted by molar-refractivity contribution is -0.115. The van der Waals surface area contributed by atoms with Gasteiger partial charge in [-0.3, -0.25) is 14.9 Å². The van der Waals surface area contributed by atoms with Crippen LogP contribution in [0.3, 0.4) is 0 Å². The van der Waals surface area contributed by atoms with E-state index < -0.39 is 0 Å². The van der Waals surface area contributed by atoms with Crippen molar-refractivity contribution in [3.8, 4) is 0 Å². The summed E-state index contributed by atoms with van der Waals surface area (Å²) in [5, 5.41) is 1.99. The Labute approximate surface area is 164 Å². The molecule has 1 fully saturated rings. The van der Waals surface area contributed by atoms with Gasteiger partial charge in [0.15, 0.2) is 0 Å². The van der Waals surface area contributed by atoms with E-state index >= 15 is 0 Å². The molecule has 0 unspecified atom stereocenters. The maximum absolute atomic E-state index is 11.4. The number of hydrogen-bond acceptors (Lipinski definition) is 4. The zero-order valence-corrected chi connectivity index (χ0v) is 16.0. The molecule has 1 heterocycles. The van der Waals surface area contributed by atoms with E-state index in [-0.39, 0.29) is 11.1 Å². The van der Waals surface area contributed by atoms with Crippen LogP contribution in [-0.4, -0.2) is 11.1 Å². The van der Waals surface area contributed by atoms with E-state index in [0.717, 1.165) is 37.4 Å². The summed E-state index contributed by atoms with van der Waals surface area (Å²) in [6.45, 7) is 1.24. The Bertz CT molecular complexity index is 800. The van der Waals surface area contributed by atoms with Crippen LogP contribution in [-0.2, 0) is 29.2 Å². The third-order valence-electron chi connectivity index (χ3n) is 4.29. The molecule has 0 aliphatic carbocycles. The van der Waals surface area contributed by atoms with Crippen LogP contribution in [0, 0.1) is 0 Å². The maximum atomic E-state index is 11.4. The van der Waals surface area contributed by atoms with Crippen molar-refractivity contribution < 1.29 is 14.3 Å². The van der Waals surface area contributed by atoms with E-state index in [4.69, 9.17) is 4.74 Å². The molecule has 1 saturated heterocycles. The molecule has 1 aliphatic rings. The molecule has 2 aromatic rings. The van der Waals surface area contributed by atoms with E-state index in [2.05, 4.69) is 41.7 Å². The third kappa shape index (κ3) is 6.38. The minimum Gasteiger partial charge on any atom is -0.372 e. The van der Waals surface area contributed by atoms with E-state index in [0.29, 0.717) is 18.1 Å². The summed E-state index contributed by atoms with van der Waals surface area (Å²) in [6.07, 6.45) is 5.72. The molecule has 0 aromatic heterocycles. The van der Waals surface area contributed by atoms with Crippen LogP contribution < -0.4 is 5.32 Å². The molecule has 4 nitrogen and oxygen atoms in total. The summed E-state index contributed by atoms with van der Waals surface area (Å²) >= 11 is 0.984. The Kier molecular flexibility index (Phi) is 7.25. The second kappa shape index (κ2) is 10.1. The minimum absolute atomic E-state index is 0.268. The molecule has 140 valence electrons. The number of amides is 2. The number of benzene rings is 2. The van der Waals surface area contributed by atoms with Crippen molar-refractivity contribution >= 4 is 22.9 Å². The molecule has 1 aliphatic heterocycles. The number of carbonyl (C=O) groups is 2. The van der Waals surface area contributed by atoms with E-state index in [1.54, 1.807) is 0 Å². The molecule has 0 saturated carbocycles. The summed E-state index contributed by atoms with van der Waals surface area (Å²) in [7, 11) is 0. The van der Waals surface area contributed by atoms with E-state index in [1.807, 2.05) is 24.3 Å². The first-order valence-corrected chi connectivity index (χ1v) is 9.95. The lowest BCUT2D eigenvalue weighted by atomic mass is 10.1. The van der Waals surface area contributed by atoms with Gasteiger partial charge in [0.25, 0.3) is 11.1 Å². The number of allylic oxidation sites excluding steroid dienone is 1. The van der Waals surface area contributed by atoms with Crippen molar-refractivity contribution in [2.75, 3.05) is 0 Å². The topological polar surface area (TPSA) is 55.4 Å². The Morgan fingerprint density at radius 3 is 2.19 bits per heavy atom. The summed E-state index contributed by atoms with van der Waals surface area (Å²) in [5.74, 6) is -0.268. The monoisotopic (exact) mass is 381 g/mol. The van der Waals surface area contributed by atoms with Crippen LogP contribution >= 0.6 is 11.8 Å². The molecule has 0 atom stereocenters. The van der Waals surface area contributed by atoms with Crippen molar-refractivity contribution in [2.45, 2.75) is 38.9 Å². The molecule has 5 heteroatoms. The first-order chi connectivity index (χ1) is 13.2. The second-order valence-corrected chi connectivity index (χ2v) is 7.47. The number of carbonyl (C=O) groups excluding carboxylic acids is 2. The molecule has 2 amide bonds. The minimum atomic E-state index is -0.279. The van der Waals surface area contributed by atoms with Crippen LogP contribution in [0.15, 0.2) is 65.6 Å². The summed E-state index contributed by atoms with van der Waals surface area (Å²) < 4.78 is 5.76. The number of aryl methyl sites for hydroxylation is 1. The highest BCUT2D eigenvalue weighted by molar-refractivity contribution is 8.18. The predicted octanol–water partition coefficient (Wildman–Crippen LogP) is 4.98. The van der Waals surface area contributed by atoms with Crippen LogP contribution in [0.1, 0.15) is 36.0 Å². The number of rotatable bonds is 9. The first kappa shape index (κ1) is 19.4. The molecule has 2 aromatic carbocycles. The molecule has 0 bridgehead atoms. The Morgan fingerprint density at radius 1 is 0.852 bits per heavy atom. The fraction of sp³-hybridized carbons (Fsp3) is 0.273. The Balaban J connectivity index is 1.33. The fourth-order valence-corrected chi connectivity index (χ4v) is 3.52. The van der Waals surface area contributed by atoms with Crippen molar-refractivity contribution in [2.24, 2.45) is 0 Å². The molecular formula is C22H23NO3S. The lowest BCUT2D eigenvalue weighted by Crippen LogP contribution is -2.17. The normalized spacial score (nSPS) is 15.3. The standard InChI is InChI=1S/C22H23NO3S/c24-21-20(27-22(25)23-21)10-6-2-3-7-17-11-13-19(14-12-17)16-26-15-18-8-4-1-5-9-18/h1,4-5,8-14H,2-3,6-7,15-16H2,(H,23,24,25). The molecule has 1 N–H and O–H groups in total. The number of unbranched alkanes of at least 4 members (excludes halogenated alkanes) is 2. The summed E-state index contributed by atoms with van der Waals surface area (Å²) in [4.78, 5) is 23.0. The third-order valence-corrected chi connectivity index (χ3v) is 5.15. The zero-order valence-electron chi connectivity index (χ0n) is 15.1. The highest BCUT2D eigenvalue weighted by Crippen LogP contribution is 2.23. The van der Waals surface area contributed by atoms with Gasteiger partial charge in [0, 0.05) is 0 Å². The van der Waals surface area contributed by atoms with Crippen LogP contribution in [0.25, 0.3) is 0 Å². The van der Waals surface area contributed by atoms with Gasteiger partial charge in [0.05, 0.1) is 18.1 Å². The number of nitrogens with one attached hydrogen (secondary N) is 1. The molecular weight excluding hydrogens is 358 g/mol. The van der Waals surface area contributed by atoms with Crippen molar-refractivity contribution in [1.29, 1.82) is 0 Å². The van der Waals surface area contributed by atoms with Crippen molar-refractivity contribution in [3.63, 3.8) is 0 Å². The summed E-state index contributed by atoms with van der Waals surface area (Å²) in [5.41, 5.74) is 3.66. The quantitative estimate of drug-likeness (QED) is 0.491. The fourth-order valence-electron chi connectivity index (χ4n) is 2.83. The van der Waals surface area contributed by atoms with Gasteiger partial charge in [-0.1, -0.05) is 60.7 Å². The van der Waals surface area contributed by atoms with Crippen LogP contribution in [0.5, 0.6) is 0 Å². The Morgan fingerprint density at radius 2 is 1.52 bits per heavy atom. The van der Waals surface area contributed by atoms with Gasteiger partial charge >= 0.3 is 0 Å². The highest BCUT2D eigenvalue weighted by atomic mass is 32.2. The van der Waals surface area contributed by atoms with E-state index in [1.165, 1.54) is 16.7 Å². The van der Waals surface area contributed by atoms with Gasteiger partial charge in [-0.25, -0.2) is 0 Å². The lowest BCUT2D eigenvalue weighted by Gasteiger charge is -2.06. The SMILES string of the molecule is O=C1NC(=O)C(=CCCCCc2ccc(COCc3ccccc3)cc2)S1. The number of imide groups is 1. The summed E-state index contributed by atoms with van der Waals surface area (Å²) in [6, 6.07) is 18.7. The first-order valence-electron chi connectivity index (χ1n) is 9.13. The van der Waals surface area contributed by atoms with Crippen molar-refractivity contribution in [3.05, 3.63) is 82.3 Å². The number of ether oxygens (including phenoxy) is 1. The number of thioether (sulfide) groups is 1. The van der Waals surface area contributed by atoms with Gasteiger partial charge in [-0.05, 0) is 54.1 Å². The Hall–Kier alpha value is -2.37. The van der Waals surface area contributed by atoms with Gasteiger partial charge < -0.3 is 4.74 Å². The van der Waals surface area contributed by atoms with Gasteiger partial charge in [-0.2, -0.15) is 0 Å². The number of hydrogen-bond donors (Lipinski definition) is 1. The van der Waals surface area contributed by atoms with Crippen LogP contribution in [0.2, 0.25) is 0 Å². The van der Waals surface area contributed by atoms with Gasteiger partial charge in [-0.15, -0.1) is 0 Å². The average molecular weight is 381 g/mol. The largest absolute Gasteiger partial charge is 0.372 e. The van der Waals surface area contributed by atoms with Gasteiger partial charge in [0.2, 0.25) is 0 Å². The van der Waals surface area contributed by atoms with Crippen molar-refractivity contribution in [1.82, 2.24) is 5.32 Å². The predicted molar refractivity (Wildman–Crippen MR) is 108 cm³/mol. The zero-order chi connectivity index (χ0) is 18.9. The molecule has 0 radical (unpaired) electrons. The molecule has 27 heavy (non-hydrogen) atoms. The maximum Gasteiger partial charge on any atom is 0.290 e. The molecule has 0 spiro atoms. The smallest absolute Gasteiger partial charge is 0.290 e. The van der Waals surface area contributed by atoms with Crippen LogP contribution in [0.4, 0.5) is 4.79 Å².